The van der Waals surface area contributed by atoms with Crippen molar-refractivity contribution in [3.8, 4) is 0 Å². The number of rotatable bonds is 5. The van der Waals surface area contributed by atoms with E-state index in [0.717, 1.165) is 38.8 Å². The third-order valence-electron chi connectivity index (χ3n) is 6.57. The van der Waals surface area contributed by atoms with Gasteiger partial charge in [0.1, 0.15) is 0 Å². The van der Waals surface area contributed by atoms with Gasteiger partial charge in [0.15, 0.2) is 0 Å². The summed E-state index contributed by atoms with van der Waals surface area (Å²) in [7, 11) is 0. The highest BCUT2D eigenvalue weighted by Crippen LogP contribution is 2.32. The molecule has 0 aromatic rings. The molecule has 0 aromatic carbocycles. The van der Waals surface area contributed by atoms with Crippen LogP contribution < -0.4 is 10.6 Å². The van der Waals surface area contributed by atoms with Gasteiger partial charge < -0.3 is 25.0 Å². The molecule has 8 nitrogen and oxygen atoms in total. The number of carbonyl (C=O) groups is 2. The SMILES string of the molecule is O=C(NC[C@@H]1CC[C@@H]2[C@@H](CN2C(=O)CN2CCOCC2)O1)NC1CCCCC1. The van der Waals surface area contributed by atoms with Crippen LogP contribution in [0.15, 0.2) is 0 Å². The monoisotopic (exact) mass is 394 g/mol. The zero-order valence-corrected chi connectivity index (χ0v) is 16.7. The molecular weight excluding hydrogens is 360 g/mol. The summed E-state index contributed by atoms with van der Waals surface area (Å²) in [5.41, 5.74) is 0. The van der Waals surface area contributed by atoms with Gasteiger partial charge in [-0.15, -0.1) is 0 Å². The molecule has 8 heteroatoms. The van der Waals surface area contributed by atoms with Gasteiger partial charge in [0.2, 0.25) is 5.91 Å². The lowest BCUT2D eigenvalue weighted by Crippen LogP contribution is -2.67. The van der Waals surface area contributed by atoms with Crippen LogP contribution in [-0.2, 0) is 14.3 Å². The van der Waals surface area contributed by atoms with E-state index in [2.05, 4.69) is 15.5 Å². The van der Waals surface area contributed by atoms with E-state index in [4.69, 9.17) is 9.47 Å². The summed E-state index contributed by atoms with van der Waals surface area (Å²) in [6.45, 7) is 4.81. The second-order valence-electron chi connectivity index (χ2n) is 8.57. The maximum atomic E-state index is 12.6. The van der Waals surface area contributed by atoms with Crippen molar-refractivity contribution in [2.75, 3.05) is 45.9 Å². The molecule has 4 rings (SSSR count). The number of nitrogens with one attached hydrogen (secondary N) is 2. The molecular formula is C20H34N4O4. The molecule has 3 amide bonds. The van der Waals surface area contributed by atoms with E-state index < -0.39 is 0 Å². The van der Waals surface area contributed by atoms with Crippen molar-refractivity contribution in [1.82, 2.24) is 20.4 Å². The van der Waals surface area contributed by atoms with Gasteiger partial charge >= 0.3 is 6.03 Å². The fraction of sp³-hybridized carbons (Fsp3) is 0.900. The van der Waals surface area contributed by atoms with Gasteiger partial charge in [0.25, 0.3) is 0 Å². The van der Waals surface area contributed by atoms with Gasteiger partial charge in [-0.25, -0.2) is 4.79 Å². The van der Waals surface area contributed by atoms with E-state index >= 15 is 0 Å². The highest BCUT2D eigenvalue weighted by Gasteiger charge is 2.46. The summed E-state index contributed by atoms with van der Waals surface area (Å²) < 4.78 is 11.5. The molecule has 1 aliphatic carbocycles. The van der Waals surface area contributed by atoms with Crippen LogP contribution in [0.25, 0.3) is 0 Å². The smallest absolute Gasteiger partial charge is 0.315 e. The van der Waals surface area contributed by atoms with Crippen LogP contribution in [0.2, 0.25) is 0 Å². The van der Waals surface area contributed by atoms with Crippen molar-refractivity contribution in [2.24, 2.45) is 0 Å². The Hall–Kier alpha value is -1.38. The molecule has 158 valence electrons. The number of morpholine rings is 1. The molecule has 2 N–H and O–H groups in total. The molecule has 0 bridgehead atoms. The highest BCUT2D eigenvalue weighted by atomic mass is 16.5. The molecule has 3 aliphatic heterocycles. The Morgan fingerprint density at radius 1 is 1.00 bits per heavy atom. The lowest BCUT2D eigenvalue weighted by atomic mass is 9.89. The maximum absolute atomic E-state index is 12.6. The zero-order chi connectivity index (χ0) is 19.3. The number of ether oxygens (including phenoxy) is 2. The fourth-order valence-electron chi connectivity index (χ4n) is 4.83. The normalized spacial score (nSPS) is 31.6. The van der Waals surface area contributed by atoms with E-state index in [1.54, 1.807) is 0 Å². The summed E-state index contributed by atoms with van der Waals surface area (Å²) in [5, 5.41) is 6.05. The van der Waals surface area contributed by atoms with Crippen LogP contribution in [0, 0.1) is 0 Å². The van der Waals surface area contributed by atoms with Gasteiger partial charge in [-0.1, -0.05) is 19.3 Å². The predicted molar refractivity (Wildman–Crippen MR) is 104 cm³/mol. The molecule has 4 aliphatic rings. The summed E-state index contributed by atoms with van der Waals surface area (Å²) in [6.07, 6.45) is 7.88. The molecule has 1 saturated carbocycles. The van der Waals surface area contributed by atoms with Crippen LogP contribution >= 0.6 is 0 Å². The Kier molecular flexibility index (Phi) is 6.69. The Balaban J connectivity index is 1.13. The first-order valence-corrected chi connectivity index (χ1v) is 11.0. The average Bonchev–Trinajstić information content (AvgIpc) is 2.69. The molecule has 0 unspecified atom stereocenters. The van der Waals surface area contributed by atoms with Gasteiger partial charge in [-0.05, 0) is 25.7 Å². The molecule has 28 heavy (non-hydrogen) atoms. The van der Waals surface area contributed by atoms with Crippen LogP contribution in [0.4, 0.5) is 4.79 Å². The molecule has 3 heterocycles. The number of fused-ring (bicyclic) bond motifs is 1. The van der Waals surface area contributed by atoms with Crippen LogP contribution in [0.1, 0.15) is 44.9 Å². The van der Waals surface area contributed by atoms with Crippen molar-refractivity contribution < 1.29 is 19.1 Å². The Labute approximate surface area is 167 Å². The molecule has 3 atom stereocenters. The van der Waals surface area contributed by atoms with Crippen LogP contribution in [0.3, 0.4) is 0 Å². The van der Waals surface area contributed by atoms with Crippen molar-refractivity contribution in [3.05, 3.63) is 0 Å². The first-order valence-electron chi connectivity index (χ1n) is 11.0. The van der Waals surface area contributed by atoms with Crippen molar-refractivity contribution in [3.63, 3.8) is 0 Å². The summed E-state index contributed by atoms with van der Waals surface area (Å²) in [5.74, 6) is 0.204. The van der Waals surface area contributed by atoms with Crippen LogP contribution in [-0.4, -0.2) is 92.0 Å². The molecule has 0 radical (unpaired) electrons. The summed E-state index contributed by atoms with van der Waals surface area (Å²) >= 11 is 0. The number of amides is 3. The molecule has 4 fully saturated rings. The van der Waals surface area contributed by atoms with Gasteiger partial charge in [0.05, 0.1) is 38.0 Å². The number of likely N-dealkylation sites (tertiary alicyclic amines) is 1. The van der Waals surface area contributed by atoms with Crippen LogP contribution in [0.5, 0.6) is 0 Å². The van der Waals surface area contributed by atoms with Gasteiger partial charge in [-0.3, -0.25) is 9.69 Å². The quantitative estimate of drug-likeness (QED) is 0.718. The standard InChI is InChI=1S/C20H34N4O4/c25-19(14-23-8-10-27-11-9-23)24-13-18-17(24)7-6-16(28-18)12-21-20(26)22-15-4-2-1-3-5-15/h15-18H,1-14H2,(H2,21,22,26)/t16-,17+,18+/m0/s1. The number of nitrogens with zero attached hydrogens (tertiary/aromatic N) is 2. The Morgan fingerprint density at radius 3 is 2.54 bits per heavy atom. The van der Waals surface area contributed by atoms with E-state index in [0.29, 0.717) is 38.9 Å². The molecule has 3 saturated heterocycles. The number of urea groups is 1. The van der Waals surface area contributed by atoms with E-state index in [9.17, 15) is 9.59 Å². The average molecular weight is 395 g/mol. The number of carbonyl (C=O) groups excluding carboxylic acids is 2. The van der Waals surface area contributed by atoms with E-state index in [-0.39, 0.29) is 30.2 Å². The second-order valence-corrected chi connectivity index (χ2v) is 8.57. The Bertz CT molecular complexity index is 546. The predicted octanol–water partition coefficient (Wildman–Crippen LogP) is 0.709. The third kappa shape index (κ3) is 4.96. The van der Waals surface area contributed by atoms with Crippen molar-refractivity contribution >= 4 is 11.9 Å². The minimum atomic E-state index is -0.0754. The van der Waals surface area contributed by atoms with Gasteiger partial charge in [0, 0.05) is 32.2 Å². The largest absolute Gasteiger partial charge is 0.379 e. The minimum absolute atomic E-state index is 0.0508. The minimum Gasteiger partial charge on any atom is -0.379 e. The number of hydrogen-bond acceptors (Lipinski definition) is 5. The summed E-state index contributed by atoms with van der Waals surface area (Å²) in [4.78, 5) is 28.8. The third-order valence-corrected chi connectivity index (χ3v) is 6.57. The highest BCUT2D eigenvalue weighted by molar-refractivity contribution is 5.79. The van der Waals surface area contributed by atoms with Crippen molar-refractivity contribution in [1.29, 1.82) is 0 Å². The van der Waals surface area contributed by atoms with E-state index in [1.807, 2.05) is 4.90 Å². The Morgan fingerprint density at radius 2 is 1.79 bits per heavy atom. The molecule has 0 spiro atoms. The summed E-state index contributed by atoms with van der Waals surface area (Å²) in [6, 6.07) is 0.456. The fourth-order valence-corrected chi connectivity index (χ4v) is 4.83. The first-order chi connectivity index (χ1) is 13.7. The maximum Gasteiger partial charge on any atom is 0.315 e. The van der Waals surface area contributed by atoms with E-state index in [1.165, 1.54) is 19.3 Å². The van der Waals surface area contributed by atoms with Gasteiger partial charge in [-0.2, -0.15) is 0 Å². The topological polar surface area (TPSA) is 83.1 Å². The van der Waals surface area contributed by atoms with Crippen molar-refractivity contribution in [2.45, 2.75) is 69.2 Å². The first kappa shape index (κ1) is 19.9. The lowest BCUT2D eigenvalue weighted by molar-refractivity contribution is -0.182. The number of hydrogen-bond donors (Lipinski definition) is 2. The lowest BCUT2D eigenvalue weighted by Gasteiger charge is -2.52. The second kappa shape index (κ2) is 9.41. The molecule has 0 aromatic heterocycles. The zero-order valence-electron chi connectivity index (χ0n) is 16.7.